The number of thioether (sulfide) groups is 1. The minimum absolute atomic E-state index is 0.227. The quantitative estimate of drug-likeness (QED) is 0.395. The summed E-state index contributed by atoms with van der Waals surface area (Å²) in [5.41, 5.74) is 1.65. The monoisotopic (exact) mass is 397 g/mol. The van der Waals surface area contributed by atoms with Crippen LogP contribution < -0.4 is 5.32 Å². The molecule has 1 N–H and O–H groups in total. The van der Waals surface area contributed by atoms with Gasteiger partial charge in [0.1, 0.15) is 17.1 Å². The summed E-state index contributed by atoms with van der Waals surface area (Å²) < 4.78 is 12.8. The van der Waals surface area contributed by atoms with Crippen molar-refractivity contribution in [1.82, 2.24) is 5.32 Å². The number of hydrogen-bond acceptors (Lipinski definition) is 5. The number of furan rings is 2. The van der Waals surface area contributed by atoms with Gasteiger partial charge in [0.25, 0.3) is 5.91 Å². The molecule has 4 nitrogen and oxygen atoms in total. The third kappa shape index (κ3) is 3.82. The first-order valence-corrected chi connectivity index (χ1v) is 10.5. The molecule has 0 radical (unpaired) electrons. The Balaban J connectivity index is 1.61. The maximum Gasteiger partial charge on any atom is 0.287 e. The van der Waals surface area contributed by atoms with Crippen LogP contribution in [0.1, 0.15) is 40.6 Å². The van der Waals surface area contributed by atoms with Crippen LogP contribution in [-0.4, -0.2) is 5.91 Å². The summed E-state index contributed by atoms with van der Waals surface area (Å²) in [4.78, 5) is 12.9. The number of fused-ring (bicyclic) bond motifs is 1. The molecule has 0 saturated heterocycles. The highest BCUT2D eigenvalue weighted by Gasteiger charge is 2.23. The number of carbonyl (C=O) groups excluding carboxylic acids is 1. The molecule has 27 heavy (non-hydrogen) atoms. The fourth-order valence-corrected chi connectivity index (χ4v) is 4.75. The summed E-state index contributed by atoms with van der Waals surface area (Å²) in [5, 5.41) is 6.02. The van der Waals surface area contributed by atoms with Crippen molar-refractivity contribution in [1.29, 1.82) is 0 Å². The predicted molar refractivity (Wildman–Crippen MR) is 109 cm³/mol. The summed E-state index contributed by atoms with van der Waals surface area (Å²) in [6.07, 6.45) is 0. The van der Waals surface area contributed by atoms with Crippen molar-refractivity contribution in [3.05, 3.63) is 76.8 Å². The number of para-hydroxylation sites is 1. The minimum atomic E-state index is -0.239. The Morgan fingerprint density at radius 3 is 2.74 bits per heavy atom. The number of thiophene rings is 1. The van der Waals surface area contributed by atoms with Gasteiger partial charge >= 0.3 is 0 Å². The molecular weight excluding hydrogens is 378 g/mol. The zero-order chi connectivity index (χ0) is 18.8. The molecule has 0 aliphatic rings. The van der Waals surface area contributed by atoms with Gasteiger partial charge in [0.15, 0.2) is 5.76 Å². The summed E-state index contributed by atoms with van der Waals surface area (Å²) in [6, 6.07) is 15.4. The molecule has 1 aromatic carbocycles. The Morgan fingerprint density at radius 2 is 2.00 bits per heavy atom. The molecule has 1 atom stereocenters. The van der Waals surface area contributed by atoms with Crippen LogP contribution in [0.2, 0.25) is 0 Å². The molecule has 0 bridgehead atoms. The summed E-state index contributed by atoms with van der Waals surface area (Å²) in [6.45, 7) is 3.79. The van der Waals surface area contributed by atoms with E-state index < -0.39 is 0 Å². The standard InChI is InChI=1S/C21H19NO3S2/c1-13-9-10-17(24-13)14(2)22-21(23)20-16(12-27-19-8-5-11-26-19)15-6-3-4-7-18(15)25-20/h3-11,14H,12H2,1-2H3,(H,22,23). The van der Waals surface area contributed by atoms with Gasteiger partial charge in [-0.25, -0.2) is 0 Å². The van der Waals surface area contributed by atoms with Gasteiger partial charge in [-0.3, -0.25) is 4.79 Å². The summed E-state index contributed by atoms with van der Waals surface area (Å²) in [5.74, 6) is 2.37. The molecule has 138 valence electrons. The lowest BCUT2D eigenvalue weighted by atomic mass is 10.1. The average molecular weight is 398 g/mol. The van der Waals surface area contributed by atoms with E-state index in [1.54, 1.807) is 23.1 Å². The van der Waals surface area contributed by atoms with E-state index in [1.807, 2.05) is 56.3 Å². The van der Waals surface area contributed by atoms with E-state index in [-0.39, 0.29) is 11.9 Å². The Morgan fingerprint density at radius 1 is 1.15 bits per heavy atom. The number of rotatable bonds is 6. The van der Waals surface area contributed by atoms with Crippen molar-refractivity contribution in [3.63, 3.8) is 0 Å². The summed E-state index contributed by atoms with van der Waals surface area (Å²) >= 11 is 3.40. The van der Waals surface area contributed by atoms with Gasteiger partial charge in [-0.15, -0.1) is 23.1 Å². The molecule has 3 heterocycles. The van der Waals surface area contributed by atoms with Gasteiger partial charge in [-0.1, -0.05) is 24.3 Å². The lowest BCUT2D eigenvalue weighted by Crippen LogP contribution is -2.26. The third-order valence-corrected chi connectivity index (χ3v) is 6.45. The number of carbonyl (C=O) groups is 1. The Hall–Kier alpha value is -2.44. The zero-order valence-corrected chi connectivity index (χ0v) is 16.7. The van der Waals surface area contributed by atoms with Crippen molar-refractivity contribution in [3.8, 4) is 0 Å². The topological polar surface area (TPSA) is 55.4 Å². The van der Waals surface area contributed by atoms with Crippen molar-refractivity contribution in [2.24, 2.45) is 0 Å². The van der Waals surface area contributed by atoms with Crippen LogP contribution in [-0.2, 0) is 5.75 Å². The van der Waals surface area contributed by atoms with Crippen LogP contribution in [0, 0.1) is 6.92 Å². The van der Waals surface area contributed by atoms with Crippen molar-refractivity contribution in [2.45, 2.75) is 29.9 Å². The lowest BCUT2D eigenvalue weighted by Gasteiger charge is -2.11. The molecular formula is C21H19NO3S2. The van der Waals surface area contributed by atoms with E-state index in [0.717, 1.165) is 28.1 Å². The first-order valence-electron chi connectivity index (χ1n) is 8.65. The van der Waals surface area contributed by atoms with Crippen LogP contribution in [0.3, 0.4) is 0 Å². The number of aryl methyl sites for hydroxylation is 1. The van der Waals surface area contributed by atoms with Gasteiger partial charge in [-0.05, 0) is 43.5 Å². The predicted octanol–water partition coefficient (Wildman–Crippen LogP) is 6.18. The number of amides is 1. The highest BCUT2D eigenvalue weighted by atomic mass is 32.2. The Labute approximate surface area is 165 Å². The van der Waals surface area contributed by atoms with E-state index in [4.69, 9.17) is 8.83 Å². The van der Waals surface area contributed by atoms with E-state index >= 15 is 0 Å². The van der Waals surface area contributed by atoms with Gasteiger partial charge in [0.05, 0.1) is 10.3 Å². The number of nitrogens with one attached hydrogen (secondary N) is 1. The SMILES string of the molecule is Cc1ccc(C(C)NC(=O)c2oc3ccccc3c2CSc2cccs2)o1. The van der Waals surface area contributed by atoms with Crippen LogP contribution in [0.25, 0.3) is 11.0 Å². The van der Waals surface area contributed by atoms with Gasteiger partial charge < -0.3 is 14.2 Å². The Bertz CT molecular complexity index is 1060. The van der Waals surface area contributed by atoms with Crippen LogP contribution >= 0.6 is 23.1 Å². The van der Waals surface area contributed by atoms with Gasteiger partial charge in [0.2, 0.25) is 0 Å². The maximum atomic E-state index is 12.9. The molecule has 6 heteroatoms. The van der Waals surface area contributed by atoms with Crippen molar-refractivity contribution in [2.75, 3.05) is 0 Å². The zero-order valence-electron chi connectivity index (χ0n) is 15.0. The molecule has 4 aromatic rings. The number of benzene rings is 1. The van der Waals surface area contributed by atoms with Crippen molar-refractivity contribution < 1.29 is 13.6 Å². The van der Waals surface area contributed by atoms with Crippen molar-refractivity contribution >= 4 is 40.0 Å². The molecule has 3 aromatic heterocycles. The van der Waals surface area contributed by atoms with Gasteiger partial charge in [0, 0.05) is 16.7 Å². The van der Waals surface area contributed by atoms with Crippen LogP contribution in [0.5, 0.6) is 0 Å². The number of hydrogen-bond donors (Lipinski definition) is 1. The second-order valence-electron chi connectivity index (χ2n) is 6.27. The highest BCUT2D eigenvalue weighted by molar-refractivity contribution is 8.00. The van der Waals surface area contributed by atoms with E-state index in [2.05, 4.69) is 16.8 Å². The fourth-order valence-electron chi connectivity index (χ4n) is 2.93. The first kappa shape index (κ1) is 17.9. The first-order chi connectivity index (χ1) is 13.1. The second kappa shape index (κ2) is 7.66. The second-order valence-corrected chi connectivity index (χ2v) is 8.49. The molecule has 0 spiro atoms. The van der Waals surface area contributed by atoms with Crippen LogP contribution in [0.4, 0.5) is 0 Å². The molecule has 0 aliphatic heterocycles. The van der Waals surface area contributed by atoms with E-state index in [1.165, 1.54) is 4.21 Å². The largest absolute Gasteiger partial charge is 0.464 e. The van der Waals surface area contributed by atoms with Crippen LogP contribution in [0.15, 0.2) is 67.0 Å². The highest BCUT2D eigenvalue weighted by Crippen LogP contribution is 2.34. The molecule has 1 amide bonds. The average Bonchev–Trinajstić information content (AvgIpc) is 3.39. The smallest absolute Gasteiger partial charge is 0.287 e. The van der Waals surface area contributed by atoms with Gasteiger partial charge in [-0.2, -0.15) is 0 Å². The maximum absolute atomic E-state index is 12.9. The normalized spacial score (nSPS) is 12.4. The molecule has 0 saturated carbocycles. The Kier molecular flexibility index (Phi) is 5.09. The third-order valence-electron chi connectivity index (χ3n) is 4.29. The molecule has 1 unspecified atom stereocenters. The molecule has 0 aliphatic carbocycles. The fraction of sp³-hybridized carbons (Fsp3) is 0.190. The molecule has 0 fully saturated rings. The van der Waals surface area contributed by atoms with E-state index in [0.29, 0.717) is 11.5 Å². The van der Waals surface area contributed by atoms with E-state index in [9.17, 15) is 4.79 Å². The lowest BCUT2D eigenvalue weighted by molar-refractivity contribution is 0.0908. The minimum Gasteiger partial charge on any atom is -0.464 e. The summed E-state index contributed by atoms with van der Waals surface area (Å²) in [7, 11) is 0. The molecule has 4 rings (SSSR count).